The minimum atomic E-state index is -0.928. The van der Waals surface area contributed by atoms with Crippen LogP contribution in [0.4, 0.5) is 4.39 Å². The maximum Gasteiger partial charge on any atom is 0.161 e. The van der Waals surface area contributed by atoms with Gasteiger partial charge in [-0.05, 0) is 25.8 Å². The van der Waals surface area contributed by atoms with Gasteiger partial charge in [-0.15, -0.1) is 0 Å². The Labute approximate surface area is 82.3 Å². The van der Waals surface area contributed by atoms with E-state index in [0.29, 0.717) is 18.8 Å². The van der Waals surface area contributed by atoms with Gasteiger partial charge in [0.05, 0.1) is 0 Å². The molecule has 78 valence electrons. The summed E-state index contributed by atoms with van der Waals surface area (Å²) in [7, 11) is 0. The second-order valence-electron chi connectivity index (χ2n) is 3.61. The van der Waals surface area contributed by atoms with Crippen molar-refractivity contribution in [3.05, 3.63) is 11.6 Å². The lowest BCUT2D eigenvalue weighted by Crippen LogP contribution is -2.14. The highest BCUT2D eigenvalue weighted by atomic mass is 19.1. The molecule has 0 aliphatic carbocycles. The van der Waals surface area contributed by atoms with E-state index in [1.54, 1.807) is 4.68 Å². The van der Waals surface area contributed by atoms with E-state index in [0.717, 1.165) is 31.6 Å². The Morgan fingerprint density at radius 1 is 1.57 bits per heavy atom. The van der Waals surface area contributed by atoms with Crippen molar-refractivity contribution >= 4 is 0 Å². The quantitative estimate of drug-likeness (QED) is 0.787. The first kappa shape index (κ1) is 9.58. The second-order valence-corrected chi connectivity index (χ2v) is 3.61. The van der Waals surface area contributed by atoms with Crippen LogP contribution in [0.1, 0.15) is 37.1 Å². The zero-order valence-corrected chi connectivity index (χ0v) is 8.12. The van der Waals surface area contributed by atoms with Gasteiger partial charge in [0.25, 0.3) is 0 Å². The Bertz CT molecular complexity index is 310. The van der Waals surface area contributed by atoms with Gasteiger partial charge in [0.1, 0.15) is 0 Å². The van der Waals surface area contributed by atoms with E-state index in [2.05, 4.69) is 10.1 Å². The predicted octanol–water partition coefficient (Wildman–Crippen LogP) is 0.974. The Morgan fingerprint density at radius 2 is 2.43 bits per heavy atom. The van der Waals surface area contributed by atoms with Crippen molar-refractivity contribution in [1.82, 2.24) is 14.8 Å². The van der Waals surface area contributed by atoms with Crippen LogP contribution >= 0.6 is 0 Å². The van der Waals surface area contributed by atoms with Crippen LogP contribution in [0.2, 0.25) is 0 Å². The molecule has 0 bridgehead atoms. The van der Waals surface area contributed by atoms with E-state index in [1.807, 2.05) is 0 Å². The van der Waals surface area contributed by atoms with Crippen molar-refractivity contribution in [2.75, 3.05) is 6.54 Å². The fourth-order valence-corrected chi connectivity index (χ4v) is 1.71. The zero-order valence-electron chi connectivity index (χ0n) is 8.12. The summed E-state index contributed by atoms with van der Waals surface area (Å²) in [4.78, 5) is 4.19. The first-order valence-corrected chi connectivity index (χ1v) is 5.09. The fourth-order valence-electron chi connectivity index (χ4n) is 1.71. The van der Waals surface area contributed by atoms with Gasteiger partial charge >= 0.3 is 0 Å². The van der Waals surface area contributed by atoms with Gasteiger partial charge in [-0.1, -0.05) is 0 Å². The number of rotatable bonds is 3. The third-order valence-electron chi connectivity index (χ3n) is 2.46. The van der Waals surface area contributed by atoms with Crippen LogP contribution < -0.4 is 5.73 Å². The van der Waals surface area contributed by atoms with E-state index in [1.165, 1.54) is 0 Å². The highest BCUT2D eigenvalue weighted by Crippen LogP contribution is 2.26. The largest absolute Gasteiger partial charge is 0.330 e. The number of hydrogen-bond acceptors (Lipinski definition) is 3. The number of nitrogens with two attached hydrogens (primary N) is 1. The summed E-state index contributed by atoms with van der Waals surface area (Å²) in [5.74, 6) is 1.23. The molecule has 0 amide bonds. The average Bonchev–Trinajstić information content (AvgIpc) is 2.59. The van der Waals surface area contributed by atoms with Crippen LogP contribution in [0.3, 0.4) is 0 Å². The van der Waals surface area contributed by atoms with E-state index >= 15 is 0 Å². The lowest BCUT2D eigenvalue weighted by atomic mass is 10.1. The molecule has 1 aliphatic rings. The minimum absolute atomic E-state index is 0.503. The Kier molecular flexibility index (Phi) is 2.77. The molecule has 0 saturated heterocycles. The molecular weight excluding hydrogens is 183 g/mol. The van der Waals surface area contributed by atoms with Gasteiger partial charge in [-0.3, -0.25) is 0 Å². The van der Waals surface area contributed by atoms with Gasteiger partial charge < -0.3 is 5.73 Å². The topological polar surface area (TPSA) is 56.7 Å². The molecule has 4 nitrogen and oxygen atoms in total. The van der Waals surface area contributed by atoms with Crippen LogP contribution in [-0.4, -0.2) is 21.3 Å². The number of aromatic nitrogens is 3. The molecule has 0 aromatic carbocycles. The molecule has 0 fully saturated rings. The van der Waals surface area contributed by atoms with Gasteiger partial charge in [0.2, 0.25) is 0 Å². The third-order valence-corrected chi connectivity index (χ3v) is 2.46. The number of hydrogen-bond donors (Lipinski definition) is 1. The fraction of sp³-hybridized carbons (Fsp3) is 0.778. The first-order valence-electron chi connectivity index (χ1n) is 5.09. The molecule has 1 unspecified atom stereocenters. The van der Waals surface area contributed by atoms with E-state index in [-0.39, 0.29) is 0 Å². The lowest BCUT2D eigenvalue weighted by molar-refractivity contribution is 0.252. The summed E-state index contributed by atoms with van der Waals surface area (Å²) < 4.78 is 15.1. The molecule has 14 heavy (non-hydrogen) atoms. The number of aryl methyl sites for hydroxylation is 2. The second kappa shape index (κ2) is 4.04. The maximum absolute atomic E-state index is 13.4. The standard InChI is InChI=1S/C9H15FN4/c10-7-3-2-6-14-9(7)12-8(13-14)4-1-5-11/h7H,1-6,11H2. The van der Waals surface area contributed by atoms with Gasteiger partial charge in [0.15, 0.2) is 17.8 Å². The molecule has 2 N–H and O–H groups in total. The van der Waals surface area contributed by atoms with E-state index in [4.69, 9.17) is 5.73 Å². The Balaban J connectivity index is 2.13. The van der Waals surface area contributed by atoms with Crippen LogP contribution in [0, 0.1) is 0 Å². The van der Waals surface area contributed by atoms with Gasteiger partial charge in [-0.2, -0.15) is 5.10 Å². The SMILES string of the molecule is NCCCc1nc2n(n1)CCCC2F. The molecule has 1 aliphatic heterocycles. The normalized spacial score (nSPS) is 20.9. The predicted molar refractivity (Wildman–Crippen MR) is 50.5 cm³/mol. The smallest absolute Gasteiger partial charge is 0.161 e. The highest BCUT2D eigenvalue weighted by molar-refractivity contribution is 4.99. The van der Waals surface area contributed by atoms with Gasteiger partial charge in [-0.25, -0.2) is 14.1 Å². The first-order chi connectivity index (χ1) is 6.81. The van der Waals surface area contributed by atoms with Crippen molar-refractivity contribution < 1.29 is 4.39 Å². The highest BCUT2D eigenvalue weighted by Gasteiger charge is 2.23. The number of halogens is 1. The van der Waals surface area contributed by atoms with Crippen LogP contribution in [0.25, 0.3) is 0 Å². The molecule has 0 spiro atoms. The number of nitrogens with zero attached hydrogens (tertiary/aromatic N) is 3. The Hall–Kier alpha value is -0.970. The number of fused-ring (bicyclic) bond motifs is 1. The minimum Gasteiger partial charge on any atom is -0.330 e. The summed E-state index contributed by atoms with van der Waals surface area (Å²) in [6.45, 7) is 1.42. The molecule has 2 rings (SSSR count). The van der Waals surface area contributed by atoms with Crippen LogP contribution in [-0.2, 0) is 13.0 Å². The van der Waals surface area contributed by atoms with Crippen molar-refractivity contribution in [2.45, 2.75) is 38.4 Å². The summed E-state index contributed by atoms with van der Waals surface area (Å²) in [5, 5.41) is 4.25. The molecule has 5 heteroatoms. The summed E-state index contributed by atoms with van der Waals surface area (Å²) >= 11 is 0. The molecule has 0 radical (unpaired) electrons. The maximum atomic E-state index is 13.4. The lowest BCUT2D eigenvalue weighted by Gasteiger charge is -2.14. The van der Waals surface area contributed by atoms with Gasteiger partial charge in [0, 0.05) is 13.0 Å². The van der Waals surface area contributed by atoms with E-state index in [9.17, 15) is 4.39 Å². The zero-order chi connectivity index (χ0) is 9.97. The monoisotopic (exact) mass is 198 g/mol. The molecule has 1 atom stereocenters. The molecule has 0 saturated carbocycles. The Morgan fingerprint density at radius 3 is 3.14 bits per heavy atom. The summed E-state index contributed by atoms with van der Waals surface area (Å²) in [6.07, 6.45) is 2.12. The average molecular weight is 198 g/mol. The van der Waals surface area contributed by atoms with Crippen LogP contribution in [0.15, 0.2) is 0 Å². The third kappa shape index (κ3) is 1.77. The van der Waals surface area contributed by atoms with Crippen molar-refractivity contribution in [2.24, 2.45) is 5.73 Å². The molecular formula is C9H15FN4. The van der Waals surface area contributed by atoms with Crippen LogP contribution in [0.5, 0.6) is 0 Å². The van der Waals surface area contributed by atoms with Crippen molar-refractivity contribution in [3.8, 4) is 0 Å². The summed E-state index contributed by atoms with van der Waals surface area (Å²) in [6, 6.07) is 0. The molecule has 2 heterocycles. The van der Waals surface area contributed by atoms with Crippen molar-refractivity contribution in [3.63, 3.8) is 0 Å². The molecule has 1 aromatic heterocycles. The summed E-state index contributed by atoms with van der Waals surface area (Å²) in [5.41, 5.74) is 5.39. The van der Waals surface area contributed by atoms with E-state index < -0.39 is 6.17 Å². The van der Waals surface area contributed by atoms with Crippen molar-refractivity contribution in [1.29, 1.82) is 0 Å². The number of alkyl halides is 1. The molecule has 1 aromatic rings.